The summed E-state index contributed by atoms with van der Waals surface area (Å²) >= 11 is 0. The number of ether oxygens (including phenoxy) is 3. The van der Waals surface area contributed by atoms with Crippen LogP contribution in [0.2, 0.25) is 0 Å². The number of hydrogen-bond acceptors (Lipinski definition) is 6. The van der Waals surface area contributed by atoms with Crippen molar-refractivity contribution in [2.45, 2.75) is 258 Å². The molecule has 77 heavy (non-hydrogen) atoms. The minimum Gasteiger partial charge on any atom is -0.462 e. The summed E-state index contributed by atoms with van der Waals surface area (Å²) in [5, 5.41) is 0. The van der Waals surface area contributed by atoms with Crippen LogP contribution in [0.5, 0.6) is 0 Å². The highest BCUT2D eigenvalue weighted by molar-refractivity contribution is 5.71. The largest absolute Gasteiger partial charge is 0.462 e. The summed E-state index contributed by atoms with van der Waals surface area (Å²) in [7, 11) is 0. The molecule has 0 amide bonds. The number of carbonyl (C=O) groups is 3. The Balaban J connectivity index is 4.51. The predicted octanol–water partition coefficient (Wildman–Crippen LogP) is 21.3. The first-order chi connectivity index (χ1) is 38.0. The summed E-state index contributed by atoms with van der Waals surface area (Å²) in [6.07, 6.45) is 92.6. The van der Waals surface area contributed by atoms with E-state index in [9.17, 15) is 14.4 Å². The fourth-order valence-electron chi connectivity index (χ4n) is 7.94. The van der Waals surface area contributed by atoms with Gasteiger partial charge in [-0.15, -0.1) is 0 Å². The van der Waals surface area contributed by atoms with Crippen molar-refractivity contribution in [2.75, 3.05) is 13.2 Å². The van der Waals surface area contributed by atoms with Crippen LogP contribution in [-0.2, 0) is 28.6 Å². The van der Waals surface area contributed by atoms with Crippen molar-refractivity contribution in [3.8, 4) is 0 Å². The lowest BCUT2D eigenvalue weighted by Crippen LogP contribution is -2.30. The zero-order chi connectivity index (χ0) is 55.7. The zero-order valence-electron chi connectivity index (χ0n) is 49.4. The molecule has 6 nitrogen and oxygen atoms in total. The van der Waals surface area contributed by atoms with Crippen LogP contribution in [0.4, 0.5) is 0 Å². The maximum absolute atomic E-state index is 12.9. The molecule has 0 spiro atoms. The van der Waals surface area contributed by atoms with Crippen molar-refractivity contribution in [1.82, 2.24) is 0 Å². The second-order valence-corrected chi connectivity index (χ2v) is 19.8. The van der Waals surface area contributed by atoms with Crippen molar-refractivity contribution in [2.24, 2.45) is 0 Å². The highest BCUT2D eigenvalue weighted by Gasteiger charge is 2.19. The maximum atomic E-state index is 12.9. The Kier molecular flexibility index (Phi) is 59.5. The molecule has 0 fully saturated rings. The molecule has 0 bridgehead atoms. The van der Waals surface area contributed by atoms with E-state index in [1.165, 1.54) is 89.9 Å². The van der Waals surface area contributed by atoms with Gasteiger partial charge in [-0.2, -0.15) is 0 Å². The highest BCUT2D eigenvalue weighted by atomic mass is 16.6. The van der Waals surface area contributed by atoms with Gasteiger partial charge in [0.25, 0.3) is 0 Å². The van der Waals surface area contributed by atoms with E-state index in [0.29, 0.717) is 19.3 Å². The van der Waals surface area contributed by atoms with Gasteiger partial charge in [0.2, 0.25) is 0 Å². The van der Waals surface area contributed by atoms with Crippen molar-refractivity contribution < 1.29 is 28.6 Å². The second-order valence-electron chi connectivity index (χ2n) is 19.8. The maximum Gasteiger partial charge on any atom is 0.306 e. The first-order valence-corrected chi connectivity index (χ1v) is 31.0. The van der Waals surface area contributed by atoms with Gasteiger partial charge in [-0.05, 0) is 135 Å². The number of unbranched alkanes of at least 4 members (excludes halogenated alkanes) is 17. The molecule has 0 N–H and O–H groups in total. The van der Waals surface area contributed by atoms with E-state index in [4.69, 9.17) is 14.2 Å². The molecule has 0 aliphatic heterocycles. The zero-order valence-corrected chi connectivity index (χ0v) is 49.4. The lowest BCUT2D eigenvalue weighted by atomic mass is 10.1. The molecule has 432 valence electrons. The number of allylic oxidation sites excluding steroid dienone is 26. The molecule has 0 aromatic carbocycles. The molecular weight excluding hydrogens is 949 g/mol. The van der Waals surface area contributed by atoms with Crippen molar-refractivity contribution in [3.05, 3.63) is 158 Å². The van der Waals surface area contributed by atoms with Gasteiger partial charge in [0, 0.05) is 19.3 Å². The molecule has 1 unspecified atom stereocenters. The second kappa shape index (κ2) is 63.6. The third-order valence-electron chi connectivity index (χ3n) is 12.5. The highest BCUT2D eigenvalue weighted by Crippen LogP contribution is 2.14. The van der Waals surface area contributed by atoms with Crippen molar-refractivity contribution in [1.29, 1.82) is 0 Å². The number of esters is 3. The smallest absolute Gasteiger partial charge is 0.306 e. The van der Waals surface area contributed by atoms with E-state index in [1.54, 1.807) is 0 Å². The molecular formula is C71H112O6. The first kappa shape index (κ1) is 72.0. The normalized spacial score (nSPS) is 13.2. The van der Waals surface area contributed by atoms with Crippen LogP contribution >= 0.6 is 0 Å². The topological polar surface area (TPSA) is 78.9 Å². The summed E-state index contributed by atoms with van der Waals surface area (Å²) in [5.74, 6) is -1.07. The average molecular weight is 1060 g/mol. The van der Waals surface area contributed by atoms with E-state index in [0.717, 1.165) is 109 Å². The third kappa shape index (κ3) is 61.8. The molecule has 0 aliphatic rings. The predicted molar refractivity (Wildman–Crippen MR) is 334 cm³/mol. The van der Waals surface area contributed by atoms with Gasteiger partial charge in [-0.1, -0.05) is 256 Å². The third-order valence-corrected chi connectivity index (χ3v) is 12.5. The molecule has 0 aromatic rings. The molecule has 1 atom stereocenters. The quantitative estimate of drug-likeness (QED) is 0.0261. The van der Waals surface area contributed by atoms with Crippen LogP contribution in [-0.4, -0.2) is 37.2 Å². The fraction of sp³-hybridized carbons (Fsp3) is 0.592. The Hall–Kier alpha value is -4.97. The number of carbonyl (C=O) groups excluding carboxylic acids is 3. The van der Waals surface area contributed by atoms with E-state index in [2.05, 4.69) is 167 Å². The monoisotopic (exact) mass is 1060 g/mol. The Labute approximate surface area is 473 Å². The summed E-state index contributed by atoms with van der Waals surface area (Å²) in [6.45, 7) is 6.29. The van der Waals surface area contributed by atoms with Crippen molar-refractivity contribution in [3.63, 3.8) is 0 Å². The molecule has 6 heteroatoms. The Morgan fingerprint density at radius 3 is 0.870 bits per heavy atom. The molecule has 0 rings (SSSR count). The van der Waals surface area contributed by atoms with Gasteiger partial charge in [0.15, 0.2) is 6.10 Å². The van der Waals surface area contributed by atoms with E-state index >= 15 is 0 Å². The molecule has 0 heterocycles. The number of hydrogen-bond donors (Lipinski definition) is 0. The number of rotatable bonds is 54. The van der Waals surface area contributed by atoms with E-state index < -0.39 is 12.1 Å². The van der Waals surface area contributed by atoms with Gasteiger partial charge in [0.05, 0.1) is 0 Å². The Bertz CT molecular complexity index is 1740. The molecule has 0 saturated carbocycles. The van der Waals surface area contributed by atoms with Gasteiger partial charge in [-0.3, -0.25) is 14.4 Å². The summed E-state index contributed by atoms with van der Waals surface area (Å²) in [5.41, 5.74) is 0. The van der Waals surface area contributed by atoms with Crippen LogP contribution in [0.15, 0.2) is 158 Å². The van der Waals surface area contributed by atoms with Crippen LogP contribution in [0.1, 0.15) is 252 Å². The Morgan fingerprint density at radius 1 is 0.273 bits per heavy atom. The summed E-state index contributed by atoms with van der Waals surface area (Å²) in [6, 6.07) is 0. The van der Waals surface area contributed by atoms with E-state index in [-0.39, 0.29) is 38.0 Å². The molecule has 0 aliphatic carbocycles. The lowest BCUT2D eigenvalue weighted by molar-refractivity contribution is -0.166. The molecule has 0 saturated heterocycles. The van der Waals surface area contributed by atoms with Crippen LogP contribution in [0, 0.1) is 0 Å². The first-order valence-electron chi connectivity index (χ1n) is 31.0. The van der Waals surface area contributed by atoms with Crippen LogP contribution in [0.3, 0.4) is 0 Å². The average Bonchev–Trinajstić information content (AvgIpc) is 3.43. The van der Waals surface area contributed by atoms with Crippen LogP contribution in [0.25, 0.3) is 0 Å². The summed E-state index contributed by atoms with van der Waals surface area (Å²) < 4.78 is 16.8. The standard InChI is InChI=1S/C71H112O6/c1-4-7-10-13-16-19-22-25-28-30-32-33-34-35-36-37-39-40-43-46-49-52-55-58-61-64-70(73)76-67-68(66-75-69(72)63-60-57-54-51-48-45-42-27-24-21-18-15-12-9-6-3)77-71(74)65-62-59-56-53-50-47-44-41-38-31-29-26-23-20-17-14-11-8-5-2/h8-9,11-12,17-18,20-22,25-27,29-30,32,34-35,38,41-42,47-48,50-51,56,59,68H,4-7,10,13-16,19,23-24,28,31,33,36-37,39-40,43-46,49,52-55,57-58,60-67H2,1-3H3/b11-8-,12-9-,20-17-,21-18-,25-22-,29-26-,32-30-,35-34-,41-38-,42-27-,50-47-,51-48-,59-56-. The Morgan fingerprint density at radius 2 is 0.532 bits per heavy atom. The molecule has 0 radical (unpaired) electrons. The van der Waals surface area contributed by atoms with Gasteiger partial charge in [0.1, 0.15) is 13.2 Å². The SMILES string of the molecule is CC/C=C\C/C=C\C/C=C\C/C=C\C/C=C\C/C=C\CCC(=O)OC(COC(=O)CCCC/C=C\C/C=C\C/C=C\C/C=C\CC)COC(=O)CCCCCCCCCCCC/C=C\C/C=C\C/C=C\CCCCCCC. The van der Waals surface area contributed by atoms with Gasteiger partial charge < -0.3 is 14.2 Å². The van der Waals surface area contributed by atoms with E-state index in [1.807, 2.05) is 12.2 Å². The minimum absolute atomic E-state index is 0.130. The molecule has 0 aromatic heterocycles. The van der Waals surface area contributed by atoms with Crippen LogP contribution < -0.4 is 0 Å². The van der Waals surface area contributed by atoms with Gasteiger partial charge >= 0.3 is 17.9 Å². The fourth-order valence-corrected chi connectivity index (χ4v) is 7.94. The summed E-state index contributed by atoms with van der Waals surface area (Å²) in [4.78, 5) is 38.2. The van der Waals surface area contributed by atoms with Crippen molar-refractivity contribution >= 4 is 17.9 Å². The minimum atomic E-state index is -0.846. The lowest BCUT2D eigenvalue weighted by Gasteiger charge is -2.18. The van der Waals surface area contributed by atoms with Gasteiger partial charge in [-0.25, -0.2) is 0 Å².